The largest absolute Gasteiger partial charge is 0.573 e. The van der Waals surface area contributed by atoms with E-state index in [0.717, 1.165) is 28.7 Å². The number of hydrogen-bond acceptors (Lipinski definition) is 2. The third-order valence-corrected chi connectivity index (χ3v) is 4.30. The molecule has 0 fully saturated rings. The first-order valence-corrected chi connectivity index (χ1v) is 9.38. The van der Waals surface area contributed by atoms with E-state index >= 15 is 0 Å². The number of rotatable bonds is 8. The Labute approximate surface area is 168 Å². The van der Waals surface area contributed by atoms with Crippen LogP contribution >= 0.6 is 0 Å². The molecule has 0 saturated heterocycles. The summed E-state index contributed by atoms with van der Waals surface area (Å²) in [5.74, 6) is -0.202. The minimum absolute atomic E-state index is 0.202. The lowest BCUT2D eigenvalue weighted by Gasteiger charge is -2.11. The second-order valence-corrected chi connectivity index (χ2v) is 6.51. The van der Waals surface area contributed by atoms with Crippen molar-refractivity contribution >= 4 is 5.57 Å². The van der Waals surface area contributed by atoms with Gasteiger partial charge in [0, 0.05) is 6.54 Å². The number of ether oxygens (including phenoxy) is 1. The standard InChI is InChI=1S/C24H22F3NO/c25-24(26,27)29-22-14-7-9-19(17-22)18-28-16-8-15-23(20-10-3-1-4-11-20)21-12-5-2-6-13-21/h1-7,9-15,17,28H,8,16,18H2. The van der Waals surface area contributed by atoms with Gasteiger partial charge in [0.15, 0.2) is 0 Å². The van der Waals surface area contributed by atoms with Gasteiger partial charge in [-0.1, -0.05) is 78.9 Å². The molecule has 0 aliphatic rings. The van der Waals surface area contributed by atoms with Crippen LogP contribution in [0.1, 0.15) is 23.1 Å². The summed E-state index contributed by atoms with van der Waals surface area (Å²) >= 11 is 0. The molecule has 150 valence electrons. The second kappa shape index (κ2) is 9.94. The van der Waals surface area contributed by atoms with E-state index in [-0.39, 0.29) is 5.75 Å². The van der Waals surface area contributed by atoms with Gasteiger partial charge in [0.25, 0.3) is 0 Å². The average Bonchev–Trinajstić information content (AvgIpc) is 2.71. The van der Waals surface area contributed by atoms with Crippen LogP contribution in [0, 0.1) is 0 Å². The van der Waals surface area contributed by atoms with Gasteiger partial charge in [-0.05, 0) is 47.4 Å². The van der Waals surface area contributed by atoms with E-state index in [1.54, 1.807) is 12.1 Å². The molecule has 1 N–H and O–H groups in total. The van der Waals surface area contributed by atoms with Crippen molar-refractivity contribution in [3.8, 4) is 5.75 Å². The molecule has 0 radical (unpaired) electrons. The molecule has 0 saturated carbocycles. The molecule has 3 rings (SSSR count). The van der Waals surface area contributed by atoms with Crippen LogP contribution < -0.4 is 10.1 Å². The van der Waals surface area contributed by atoms with E-state index in [4.69, 9.17) is 0 Å². The minimum atomic E-state index is -4.68. The number of alkyl halides is 3. The molecule has 0 atom stereocenters. The summed E-state index contributed by atoms with van der Waals surface area (Å²) in [5.41, 5.74) is 4.20. The van der Waals surface area contributed by atoms with Gasteiger partial charge in [-0.2, -0.15) is 0 Å². The average molecular weight is 397 g/mol. The lowest BCUT2D eigenvalue weighted by molar-refractivity contribution is -0.274. The minimum Gasteiger partial charge on any atom is -0.406 e. The van der Waals surface area contributed by atoms with Crippen LogP contribution in [0.15, 0.2) is 91.0 Å². The fourth-order valence-electron chi connectivity index (χ4n) is 3.04. The maximum absolute atomic E-state index is 12.3. The van der Waals surface area contributed by atoms with Gasteiger partial charge in [-0.15, -0.1) is 13.2 Å². The molecule has 0 amide bonds. The summed E-state index contributed by atoms with van der Waals surface area (Å²) in [6.07, 6.45) is -1.71. The van der Waals surface area contributed by atoms with Gasteiger partial charge >= 0.3 is 6.36 Å². The quantitative estimate of drug-likeness (QED) is 0.457. The molecule has 3 aromatic rings. The zero-order valence-corrected chi connectivity index (χ0v) is 15.8. The van der Waals surface area contributed by atoms with Gasteiger partial charge in [-0.25, -0.2) is 0 Å². The van der Waals surface area contributed by atoms with Gasteiger partial charge in [0.1, 0.15) is 5.75 Å². The van der Waals surface area contributed by atoms with Crippen molar-refractivity contribution in [1.29, 1.82) is 0 Å². The van der Waals surface area contributed by atoms with Gasteiger partial charge < -0.3 is 10.1 Å². The topological polar surface area (TPSA) is 21.3 Å². The van der Waals surface area contributed by atoms with E-state index < -0.39 is 6.36 Å². The lowest BCUT2D eigenvalue weighted by Crippen LogP contribution is -2.18. The maximum Gasteiger partial charge on any atom is 0.573 e. The highest BCUT2D eigenvalue weighted by atomic mass is 19.4. The van der Waals surface area contributed by atoms with Crippen LogP contribution in [0.4, 0.5) is 13.2 Å². The summed E-state index contributed by atoms with van der Waals surface area (Å²) in [6, 6.07) is 26.4. The molecule has 0 spiro atoms. The number of nitrogens with one attached hydrogen (secondary N) is 1. The summed E-state index contributed by atoms with van der Waals surface area (Å²) < 4.78 is 41.0. The zero-order valence-electron chi connectivity index (χ0n) is 15.8. The second-order valence-electron chi connectivity index (χ2n) is 6.51. The number of hydrogen-bond donors (Lipinski definition) is 1. The normalized spacial score (nSPS) is 11.1. The summed E-state index contributed by atoms with van der Waals surface area (Å²) in [7, 11) is 0. The number of halogens is 3. The Bertz CT molecular complexity index is 880. The highest BCUT2D eigenvalue weighted by Gasteiger charge is 2.31. The van der Waals surface area contributed by atoms with Crippen molar-refractivity contribution in [2.75, 3.05) is 6.54 Å². The Kier molecular flexibility index (Phi) is 7.09. The van der Waals surface area contributed by atoms with Crippen LogP contribution in [-0.4, -0.2) is 12.9 Å². The van der Waals surface area contributed by atoms with Crippen molar-refractivity contribution in [1.82, 2.24) is 5.32 Å². The van der Waals surface area contributed by atoms with Gasteiger partial charge in [0.05, 0.1) is 0 Å². The highest BCUT2D eigenvalue weighted by molar-refractivity contribution is 5.79. The molecule has 5 heteroatoms. The first-order chi connectivity index (χ1) is 14.0. The van der Waals surface area contributed by atoms with Crippen LogP contribution in [0.25, 0.3) is 5.57 Å². The smallest absolute Gasteiger partial charge is 0.406 e. The van der Waals surface area contributed by atoms with Crippen molar-refractivity contribution < 1.29 is 17.9 Å². The molecule has 29 heavy (non-hydrogen) atoms. The fraction of sp³-hybridized carbons (Fsp3) is 0.167. The Morgan fingerprint density at radius 1 is 0.828 bits per heavy atom. The van der Waals surface area contributed by atoms with Crippen molar-refractivity contribution in [2.45, 2.75) is 19.3 Å². The van der Waals surface area contributed by atoms with E-state index in [2.05, 4.69) is 40.4 Å². The predicted molar refractivity (Wildman–Crippen MR) is 109 cm³/mol. The Morgan fingerprint density at radius 2 is 1.45 bits per heavy atom. The highest BCUT2D eigenvalue weighted by Crippen LogP contribution is 2.24. The summed E-state index contributed by atoms with van der Waals surface area (Å²) in [6.45, 7) is 1.17. The van der Waals surface area contributed by atoms with Gasteiger partial charge in [0.2, 0.25) is 0 Å². The molecular formula is C24H22F3NO. The van der Waals surface area contributed by atoms with Crippen molar-refractivity contribution in [3.05, 3.63) is 108 Å². The van der Waals surface area contributed by atoms with E-state index in [0.29, 0.717) is 13.1 Å². The van der Waals surface area contributed by atoms with Crippen molar-refractivity contribution in [3.63, 3.8) is 0 Å². The Morgan fingerprint density at radius 3 is 2.03 bits per heavy atom. The molecule has 0 aliphatic heterocycles. The Balaban J connectivity index is 1.59. The summed E-state index contributed by atoms with van der Waals surface area (Å²) in [5, 5.41) is 3.27. The molecule has 0 bridgehead atoms. The molecule has 0 aliphatic carbocycles. The van der Waals surface area contributed by atoms with Crippen LogP contribution in [0.5, 0.6) is 5.75 Å². The molecule has 0 unspecified atom stereocenters. The SMILES string of the molecule is FC(F)(F)Oc1cccc(CNCCC=C(c2ccccc2)c2ccccc2)c1. The number of benzene rings is 3. The lowest BCUT2D eigenvalue weighted by atomic mass is 9.97. The molecule has 0 aromatic heterocycles. The first kappa shape index (κ1) is 20.7. The van der Waals surface area contributed by atoms with Crippen LogP contribution in [-0.2, 0) is 6.54 Å². The fourth-order valence-corrected chi connectivity index (χ4v) is 3.04. The molecular weight excluding hydrogens is 375 g/mol. The molecule has 2 nitrogen and oxygen atoms in total. The van der Waals surface area contributed by atoms with E-state index in [1.807, 2.05) is 36.4 Å². The predicted octanol–water partition coefficient (Wildman–Crippen LogP) is 6.20. The van der Waals surface area contributed by atoms with E-state index in [9.17, 15) is 13.2 Å². The van der Waals surface area contributed by atoms with Crippen LogP contribution in [0.3, 0.4) is 0 Å². The Hall–Kier alpha value is -3.05. The van der Waals surface area contributed by atoms with Gasteiger partial charge in [-0.3, -0.25) is 0 Å². The first-order valence-electron chi connectivity index (χ1n) is 9.38. The van der Waals surface area contributed by atoms with Crippen molar-refractivity contribution in [2.24, 2.45) is 0 Å². The van der Waals surface area contributed by atoms with Crippen LogP contribution in [0.2, 0.25) is 0 Å². The maximum atomic E-state index is 12.3. The third kappa shape index (κ3) is 6.80. The monoisotopic (exact) mass is 397 g/mol. The third-order valence-electron chi connectivity index (χ3n) is 4.30. The zero-order chi connectivity index (χ0) is 20.5. The summed E-state index contributed by atoms with van der Waals surface area (Å²) in [4.78, 5) is 0. The molecule has 3 aromatic carbocycles. The van der Waals surface area contributed by atoms with E-state index in [1.165, 1.54) is 12.1 Å². The molecule has 0 heterocycles.